The first-order chi connectivity index (χ1) is 11.2. The number of benzene rings is 2. The number of ether oxygens (including phenoxy) is 1. The van der Waals surface area contributed by atoms with Crippen LogP contribution in [-0.2, 0) is 13.0 Å². The molecule has 1 N–H and O–H groups in total. The summed E-state index contributed by atoms with van der Waals surface area (Å²) in [5, 5.41) is 18.9. The Balaban J connectivity index is 1.93. The molecule has 1 aromatic heterocycles. The highest BCUT2D eigenvalue weighted by atomic mass is 16.5. The van der Waals surface area contributed by atoms with Gasteiger partial charge < -0.3 is 9.84 Å². The van der Waals surface area contributed by atoms with Gasteiger partial charge in [0.2, 0.25) is 0 Å². The molecule has 5 heteroatoms. The second-order valence-electron chi connectivity index (χ2n) is 5.10. The number of nitriles is 1. The van der Waals surface area contributed by atoms with E-state index >= 15 is 0 Å². The van der Waals surface area contributed by atoms with Crippen LogP contribution in [-0.4, -0.2) is 15.8 Å². The standard InChI is InChI=1S/C18H14N2O3/c19-9-8-14-11-20(18(21)22)17-10-15(6-7-16(14)17)23-12-13-4-2-1-3-5-13/h1-7,10-11H,8,12H2,(H,21,22). The zero-order valence-corrected chi connectivity index (χ0v) is 12.3. The molecule has 2 aromatic carbocycles. The molecule has 1 heterocycles. The normalized spacial score (nSPS) is 10.4. The molecule has 114 valence electrons. The van der Waals surface area contributed by atoms with Gasteiger partial charge in [0.1, 0.15) is 12.4 Å². The van der Waals surface area contributed by atoms with Crippen LogP contribution in [0.2, 0.25) is 0 Å². The molecule has 0 unspecified atom stereocenters. The predicted molar refractivity (Wildman–Crippen MR) is 85.5 cm³/mol. The molecule has 3 rings (SSSR count). The van der Waals surface area contributed by atoms with Crippen molar-refractivity contribution in [2.75, 3.05) is 0 Å². The van der Waals surface area contributed by atoms with E-state index in [1.807, 2.05) is 30.3 Å². The van der Waals surface area contributed by atoms with Gasteiger partial charge in [-0.05, 0) is 23.3 Å². The van der Waals surface area contributed by atoms with Crippen LogP contribution in [0.4, 0.5) is 4.79 Å². The Morgan fingerprint density at radius 3 is 2.70 bits per heavy atom. The first-order valence-electron chi connectivity index (χ1n) is 7.10. The van der Waals surface area contributed by atoms with Gasteiger partial charge >= 0.3 is 6.09 Å². The summed E-state index contributed by atoms with van der Waals surface area (Å²) in [6.45, 7) is 0.408. The second-order valence-corrected chi connectivity index (χ2v) is 5.10. The van der Waals surface area contributed by atoms with Crippen LogP contribution in [0, 0.1) is 11.3 Å². The quantitative estimate of drug-likeness (QED) is 0.795. The van der Waals surface area contributed by atoms with Crippen LogP contribution in [0.3, 0.4) is 0 Å². The Morgan fingerprint density at radius 2 is 2.00 bits per heavy atom. The Morgan fingerprint density at radius 1 is 1.22 bits per heavy atom. The van der Waals surface area contributed by atoms with E-state index in [-0.39, 0.29) is 6.42 Å². The highest BCUT2D eigenvalue weighted by Crippen LogP contribution is 2.26. The maximum Gasteiger partial charge on any atom is 0.416 e. The minimum absolute atomic E-state index is 0.168. The summed E-state index contributed by atoms with van der Waals surface area (Å²) < 4.78 is 6.86. The molecule has 3 aromatic rings. The summed E-state index contributed by atoms with van der Waals surface area (Å²) in [7, 11) is 0. The van der Waals surface area contributed by atoms with Gasteiger partial charge in [-0.1, -0.05) is 30.3 Å². The predicted octanol–water partition coefficient (Wildman–Crippen LogP) is 3.81. The molecule has 0 aliphatic carbocycles. The fourth-order valence-corrected chi connectivity index (χ4v) is 2.49. The minimum Gasteiger partial charge on any atom is -0.489 e. The van der Waals surface area contributed by atoms with E-state index in [0.717, 1.165) is 15.5 Å². The lowest BCUT2D eigenvalue weighted by Gasteiger charge is -2.07. The van der Waals surface area contributed by atoms with E-state index < -0.39 is 6.09 Å². The van der Waals surface area contributed by atoms with Gasteiger partial charge in [0.25, 0.3) is 0 Å². The van der Waals surface area contributed by atoms with Crippen molar-refractivity contribution in [1.82, 2.24) is 4.57 Å². The molecular weight excluding hydrogens is 292 g/mol. The van der Waals surface area contributed by atoms with Gasteiger partial charge in [-0.25, -0.2) is 4.79 Å². The summed E-state index contributed by atoms with van der Waals surface area (Å²) in [5.74, 6) is 0.588. The van der Waals surface area contributed by atoms with E-state index in [2.05, 4.69) is 6.07 Å². The summed E-state index contributed by atoms with van der Waals surface area (Å²) in [6, 6.07) is 17.1. The maximum atomic E-state index is 11.4. The third kappa shape index (κ3) is 3.01. The smallest absolute Gasteiger partial charge is 0.416 e. The molecule has 23 heavy (non-hydrogen) atoms. The van der Waals surface area contributed by atoms with Crippen molar-refractivity contribution in [1.29, 1.82) is 5.26 Å². The topological polar surface area (TPSA) is 75.2 Å². The molecule has 5 nitrogen and oxygen atoms in total. The van der Waals surface area contributed by atoms with Crippen molar-refractivity contribution in [3.63, 3.8) is 0 Å². The zero-order valence-electron chi connectivity index (χ0n) is 12.3. The zero-order chi connectivity index (χ0) is 16.2. The molecule has 0 amide bonds. The fraction of sp³-hybridized carbons (Fsp3) is 0.111. The number of carbonyl (C=O) groups is 1. The minimum atomic E-state index is -1.08. The summed E-state index contributed by atoms with van der Waals surface area (Å²) in [4.78, 5) is 11.4. The Kier molecular flexibility index (Phi) is 3.98. The van der Waals surface area contributed by atoms with Crippen LogP contribution in [0.15, 0.2) is 54.7 Å². The molecule has 0 saturated heterocycles. The lowest BCUT2D eigenvalue weighted by atomic mass is 10.1. The van der Waals surface area contributed by atoms with Crippen molar-refractivity contribution >= 4 is 17.0 Å². The largest absolute Gasteiger partial charge is 0.489 e. The average Bonchev–Trinajstić information content (AvgIpc) is 2.93. The number of rotatable bonds is 4. The van der Waals surface area contributed by atoms with Crippen molar-refractivity contribution in [3.8, 4) is 11.8 Å². The monoisotopic (exact) mass is 306 g/mol. The lowest BCUT2D eigenvalue weighted by molar-refractivity contribution is 0.197. The van der Waals surface area contributed by atoms with E-state index in [1.54, 1.807) is 18.2 Å². The molecule has 0 radical (unpaired) electrons. The second kappa shape index (κ2) is 6.24. The van der Waals surface area contributed by atoms with Crippen molar-refractivity contribution < 1.29 is 14.6 Å². The molecule has 0 aliphatic heterocycles. The lowest BCUT2D eigenvalue weighted by Crippen LogP contribution is -2.05. The van der Waals surface area contributed by atoms with Gasteiger partial charge in [-0.2, -0.15) is 5.26 Å². The number of carboxylic acid groups (broad SMARTS) is 1. The van der Waals surface area contributed by atoms with Gasteiger partial charge in [0.05, 0.1) is 18.0 Å². The Bertz CT molecular complexity index is 892. The Labute approximate surface area is 133 Å². The van der Waals surface area contributed by atoms with Gasteiger partial charge in [0, 0.05) is 17.6 Å². The van der Waals surface area contributed by atoms with Gasteiger partial charge in [-0.3, -0.25) is 4.57 Å². The van der Waals surface area contributed by atoms with Crippen molar-refractivity contribution in [3.05, 3.63) is 65.9 Å². The first-order valence-corrected chi connectivity index (χ1v) is 7.10. The van der Waals surface area contributed by atoms with Crippen LogP contribution >= 0.6 is 0 Å². The summed E-state index contributed by atoms with van der Waals surface area (Å²) >= 11 is 0. The number of fused-ring (bicyclic) bond motifs is 1. The third-order valence-electron chi connectivity index (χ3n) is 3.58. The van der Waals surface area contributed by atoms with Crippen LogP contribution in [0.1, 0.15) is 11.1 Å². The van der Waals surface area contributed by atoms with Crippen LogP contribution in [0.25, 0.3) is 10.9 Å². The number of hydrogen-bond acceptors (Lipinski definition) is 3. The van der Waals surface area contributed by atoms with Crippen LogP contribution in [0.5, 0.6) is 5.75 Å². The summed E-state index contributed by atoms with van der Waals surface area (Å²) in [6.07, 6.45) is 0.567. The van der Waals surface area contributed by atoms with Gasteiger partial charge in [0.15, 0.2) is 0 Å². The van der Waals surface area contributed by atoms with E-state index in [9.17, 15) is 9.90 Å². The maximum absolute atomic E-state index is 11.4. The number of aromatic nitrogens is 1. The molecule has 0 bridgehead atoms. The Hall–Kier alpha value is -3.26. The average molecular weight is 306 g/mol. The van der Waals surface area contributed by atoms with E-state index in [1.165, 1.54) is 6.20 Å². The van der Waals surface area contributed by atoms with Gasteiger partial charge in [-0.15, -0.1) is 0 Å². The molecule has 0 saturated carbocycles. The molecule has 0 fully saturated rings. The molecule has 0 atom stereocenters. The molecular formula is C18H14N2O3. The number of hydrogen-bond donors (Lipinski definition) is 1. The van der Waals surface area contributed by atoms with E-state index in [0.29, 0.717) is 23.4 Å². The SMILES string of the molecule is N#CCc1cn(C(=O)O)c2cc(OCc3ccccc3)ccc12. The fourth-order valence-electron chi connectivity index (χ4n) is 2.49. The van der Waals surface area contributed by atoms with Crippen molar-refractivity contribution in [2.24, 2.45) is 0 Å². The summed E-state index contributed by atoms with van der Waals surface area (Å²) in [5.41, 5.74) is 2.25. The molecule has 0 spiro atoms. The number of nitrogens with zero attached hydrogens (tertiary/aromatic N) is 2. The third-order valence-corrected chi connectivity index (χ3v) is 3.58. The van der Waals surface area contributed by atoms with Crippen molar-refractivity contribution in [2.45, 2.75) is 13.0 Å². The highest BCUT2D eigenvalue weighted by Gasteiger charge is 2.13. The highest BCUT2D eigenvalue weighted by molar-refractivity contribution is 5.92. The molecule has 0 aliphatic rings. The van der Waals surface area contributed by atoms with E-state index in [4.69, 9.17) is 10.00 Å². The van der Waals surface area contributed by atoms with Crippen LogP contribution < -0.4 is 4.74 Å². The first kappa shape index (κ1) is 14.7.